The lowest BCUT2D eigenvalue weighted by molar-refractivity contribution is 0.114. The van der Waals surface area contributed by atoms with Gasteiger partial charge in [0.1, 0.15) is 12.2 Å². The molecule has 0 unspecified atom stereocenters. The number of aromatic nitrogens is 3. The topological polar surface area (TPSA) is 56.7 Å². The van der Waals surface area contributed by atoms with Crippen molar-refractivity contribution in [3.05, 3.63) is 12.2 Å². The summed E-state index contributed by atoms with van der Waals surface area (Å²) < 4.78 is 2.02. The molecule has 0 bridgehead atoms. The molecule has 4 heteroatoms. The summed E-state index contributed by atoms with van der Waals surface area (Å²) in [6, 6.07) is 0. The predicted molar refractivity (Wildman–Crippen MR) is 87.0 cm³/mol. The molecule has 0 aliphatic heterocycles. The summed E-state index contributed by atoms with van der Waals surface area (Å²) in [6.45, 7) is 10.2. The van der Waals surface area contributed by atoms with Crippen LogP contribution >= 0.6 is 0 Å². The van der Waals surface area contributed by atoms with Crippen LogP contribution in [0.2, 0.25) is 0 Å². The third-order valence-electron chi connectivity index (χ3n) is 5.64. The lowest BCUT2D eigenvalue weighted by atomic mass is 9.65. The van der Waals surface area contributed by atoms with E-state index in [2.05, 4.69) is 37.8 Å². The number of nitrogens with zero attached hydrogens (tertiary/aromatic N) is 3. The van der Waals surface area contributed by atoms with Crippen molar-refractivity contribution in [3.63, 3.8) is 0 Å². The molecule has 1 heterocycles. The fourth-order valence-electron chi connectivity index (χ4n) is 3.58. The highest BCUT2D eigenvalue weighted by molar-refractivity contribution is 5.01. The van der Waals surface area contributed by atoms with Gasteiger partial charge >= 0.3 is 0 Å². The van der Waals surface area contributed by atoms with Gasteiger partial charge in [0.05, 0.1) is 0 Å². The van der Waals surface area contributed by atoms with Crippen LogP contribution in [0.1, 0.15) is 72.0 Å². The lowest BCUT2D eigenvalue weighted by Crippen LogP contribution is -2.47. The summed E-state index contributed by atoms with van der Waals surface area (Å²) in [4.78, 5) is 4.43. The zero-order chi connectivity index (χ0) is 15.5. The predicted octanol–water partition coefficient (Wildman–Crippen LogP) is 3.55. The number of rotatable bonds is 6. The molecule has 1 aliphatic rings. The minimum atomic E-state index is -0.0845. The molecule has 0 saturated heterocycles. The number of nitrogens with two attached hydrogens (primary N) is 1. The second-order valence-electron chi connectivity index (χ2n) is 7.55. The Morgan fingerprint density at radius 3 is 2.57 bits per heavy atom. The van der Waals surface area contributed by atoms with E-state index >= 15 is 0 Å². The fourth-order valence-corrected chi connectivity index (χ4v) is 3.58. The van der Waals surface area contributed by atoms with Gasteiger partial charge < -0.3 is 5.73 Å². The molecule has 2 N–H and O–H groups in total. The monoisotopic (exact) mass is 292 g/mol. The van der Waals surface area contributed by atoms with Crippen molar-refractivity contribution in [2.24, 2.45) is 17.1 Å². The molecule has 120 valence electrons. The molecular weight excluding hydrogens is 260 g/mol. The first kappa shape index (κ1) is 16.5. The summed E-state index contributed by atoms with van der Waals surface area (Å²) >= 11 is 0. The van der Waals surface area contributed by atoms with Gasteiger partial charge in [-0.2, -0.15) is 5.10 Å². The van der Waals surface area contributed by atoms with E-state index in [9.17, 15) is 0 Å². The molecule has 0 radical (unpaired) electrons. The average Bonchev–Trinajstić information content (AvgIpc) is 2.86. The third kappa shape index (κ3) is 3.85. The van der Waals surface area contributed by atoms with Gasteiger partial charge in [-0.3, -0.25) is 4.68 Å². The van der Waals surface area contributed by atoms with Crippen molar-refractivity contribution >= 4 is 0 Å². The summed E-state index contributed by atoms with van der Waals surface area (Å²) in [5.74, 6) is 1.88. The first-order valence-corrected chi connectivity index (χ1v) is 8.56. The largest absolute Gasteiger partial charge is 0.325 e. The maximum Gasteiger partial charge on any atom is 0.138 e. The Bertz CT molecular complexity index is 441. The second kappa shape index (κ2) is 6.47. The lowest BCUT2D eigenvalue weighted by Gasteiger charge is -2.43. The molecule has 1 aliphatic carbocycles. The summed E-state index contributed by atoms with van der Waals surface area (Å²) in [7, 11) is 0. The first-order valence-electron chi connectivity index (χ1n) is 8.56. The van der Waals surface area contributed by atoms with E-state index in [-0.39, 0.29) is 5.54 Å². The molecule has 2 rings (SSSR count). The van der Waals surface area contributed by atoms with E-state index < -0.39 is 0 Å². The van der Waals surface area contributed by atoms with Gasteiger partial charge in [-0.25, -0.2) is 4.98 Å². The van der Waals surface area contributed by atoms with Gasteiger partial charge in [-0.15, -0.1) is 0 Å². The quantitative estimate of drug-likeness (QED) is 0.872. The van der Waals surface area contributed by atoms with Gasteiger partial charge in [0.2, 0.25) is 0 Å². The van der Waals surface area contributed by atoms with Crippen LogP contribution < -0.4 is 5.73 Å². The van der Waals surface area contributed by atoms with Crippen molar-refractivity contribution in [1.82, 2.24) is 14.8 Å². The standard InChI is InChI=1S/C17H32N4/c1-5-11-21-15(19-13-20-21)12-17(18)9-7-14(8-10-17)16(3,4)6-2/h13-14H,5-12,18H2,1-4H3. The summed E-state index contributed by atoms with van der Waals surface area (Å²) in [6.07, 6.45) is 9.59. The minimum absolute atomic E-state index is 0.0845. The van der Waals surface area contributed by atoms with Crippen LogP contribution in [0.25, 0.3) is 0 Å². The molecule has 1 saturated carbocycles. The SMILES string of the molecule is CCCn1ncnc1CC1(N)CCC(C(C)(C)CC)CC1. The first-order chi connectivity index (χ1) is 9.90. The van der Waals surface area contributed by atoms with E-state index in [0.717, 1.165) is 44.0 Å². The highest BCUT2D eigenvalue weighted by atomic mass is 15.3. The van der Waals surface area contributed by atoms with Crippen molar-refractivity contribution < 1.29 is 0 Å². The number of aryl methyl sites for hydroxylation is 1. The van der Waals surface area contributed by atoms with Crippen LogP contribution in [0.3, 0.4) is 0 Å². The number of hydrogen-bond donors (Lipinski definition) is 1. The molecule has 0 aromatic carbocycles. The third-order valence-corrected chi connectivity index (χ3v) is 5.64. The Morgan fingerprint density at radius 1 is 1.33 bits per heavy atom. The highest BCUT2D eigenvalue weighted by Gasteiger charge is 2.38. The van der Waals surface area contributed by atoms with E-state index in [1.54, 1.807) is 6.33 Å². The Labute approximate surface area is 129 Å². The Hall–Kier alpha value is -0.900. The van der Waals surface area contributed by atoms with E-state index in [1.807, 2.05) is 4.68 Å². The maximum absolute atomic E-state index is 6.68. The van der Waals surface area contributed by atoms with Crippen LogP contribution in [0.15, 0.2) is 6.33 Å². The summed E-state index contributed by atoms with van der Waals surface area (Å²) in [5, 5.41) is 4.32. The van der Waals surface area contributed by atoms with Gasteiger partial charge in [-0.05, 0) is 43.4 Å². The van der Waals surface area contributed by atoms with Gasteiger partial charge in [0, 0.05) is 18.5 Å². The molecule has 1 fully saturated rings. The van der Waals surface area contributed by atoms with E-state index in [0.29, 0.717) is 5.41 Å². The Balaban J connectivity index is 1.97. The van der Waals surface area contributed by atoms with Gasteiger partial charge in [0.15, 0.2) is 0 Å². The highest BCUT2D eigenvalue weighted by Crippen LogP contribution is 2.43. The van der Waals surface area contributed by atoms with Crippen molar-refractivity contribution in [2.45, 2.75) is 84.7 Å². The maximum atomic E-state index is 6.68. The molecule has 0 atom stereocenters. The summed E-state index contributed by atoms with van der Waals surface area (Å²) in [5.41, 5.74) is 7.04. The molecule has 21 heavy (non-hydrogen) atoms. The smallest absolute Gasteiger partial charge is 0.138 e. The van der Waals surface area contributed by atoms with E-state index in [1.165, 1.54) is 19.3 Å². The van der Waals surface area contributed by atoms with Gasteiger partial charge in [-0.1, -0.05) is 34.1 Å². The van der Waals surface area contributed by atoms with Gasteiger partial charge in [0.25, 0.3) is 0 Å². The fraction of sp³-hybridized carbons (Fsp3) is 0.882. The molecule has 0 amide bonds. The van der Waals surface area contributed by atoms with Crippen molar-refractivity contribution in [3.8, 4) is 0 Å². The van der Waals surface area contributed by atoms with E-state index in [4.69, 9.17) is 5.73 Å². The molecular formula is C17H32N4. The average molecular weight is 292 g/mol. The zero-order valence-electron chi connectivity index (χ0n) is 14.2. The molecule has 4 nitrogen and oxygen atoms in total. The molecule has 1 aromatic rings. The Morgan fingerprint density at radius 2 is 2.00 bits per heavy atom. The van der Waals surface area contributed by atoms with Crippen molar-refractivity contribution in [2.75, 3.05) is 0 Å². The normalized spacial score (nSPS) is 27.0. The van der Waals surface area contributed by atoms with Crippen LogP contribution in [0.4, 0.5) is 0 Å². The van der Waals surface area contributed by atoms with Crippen molar-refractivity contribution in [1.29, 1.82) is 0 Å². The van der Waals surface area contributed by atoms with Crippen LogP contribution in [0, 0.1) is 11.3 Å². The number of hydrogen-bond acceptors (Lipinski definition) is 3. The molecule has 1 aromatic heterocycles. The Kier molecular flexibility index (Phi) is 5.07. The van der Waals surface area contributed by atoms with Crippen LogP contribution in [-0.2, 0) is 13.0 Å². The molecule has 0 spiro atoms. The second-order valence-corrected chi connectivity index (χ2v) is 7.55. The van der Waals surface area contributed by atoms with Crippen LogP contribution in [0.5, 0.6) is 0 Å². The minimum Gasteiger partial charge on any atom is -0.325 e. The zero-order valence-corrected chi connectivity index (χ0v) is 14.2. The van der Waals surface area contributed by atoms with Crippen LogP contribution in [-0.4, -0.2) is 20.3 Å².